The first-order valence-electron chi connectivity index (χ1n) is 7.06. The number of rotatable bonds is 6. The van der Waals surface area contributed by atoms with Crippen LogP contribution in [-0.4, -0.2) is 28.3 Å². The van der Waals surface area contributed by atoms with E-state index in [0.717, 1.165) is 4.47 Å². The number of nitro benzene ring substituents is 1. The van der Waals surface area contributed by atoms with Crippen molar-refractivity contribution in [3.05, 3.63) is 62.6 Å². The zero-order valence-corrected chi connectivity index (χ0v) is 14.7. The van der Waals surface area contributed by atoms with Crippen LogP contribution in [0.4, 0.5) is 5.69 Å². The van der Waals surface area contributed by atoms with Crippen molar-refractivity contribution in [1.29, 1.82) is 0 Å². The van der Waals surface area contributed by atoms with Crippen LogP contribution in [0.15, 0.2) is 52.0 Å². The maximum atomic E-state index is 11.8. The zero-order chi connectivity index (χ0) is 18.4. The summed E-state index contributed by atoms with van der Waals surface area (Å²) in [6.07, 6.45) is 0. The Morgan fingerprint density at radius 3 is 2.80 bits per heavy atom. The normalized spacial score (nSPS) is 11.0. The smallest absolute Gasteiger partial charge is 0.310 e. The van der Waals surface area contributed by atoms with Crippen molar-refractivity contribution in [2.75, 3.05) is 6.61 Å². The van der Waals surface area contributed by atoms with E-state index in [9.17, 15) is 20.0 Å². The molecule has 0 saturated heterocycles. The first-order valence-corrected chi connectivity index (χ1v) is 7.86. The average Bonchev–Trinajstić information content (AvgIpc) is 2.60. The van der Waals surface area contributed by atoms with Crippen LogP contribution in [0.25, 0.3) is 0 Å². The lowest BCUT2D eigenvalue weighted by molar-refractivity contribution is -0.385. The molecule has 9 heteroatoms. The standard InChI is InChI=1S/C16H14BrN3O5/c1-10(12-8-11(17)6-7-14(12)21)18-19-16(22)9-25-15-5-3-2-4-13(15)20(23)24/h2-8,21H,9H2,1H3,(H,19,22)/b18-10+. The second-order valence-electron chi connectivity index (χ2n) is 4.91. The number of aromatic hydroxyl groups is 1. The molecule has 0 atom stereocenters. The Morgan fingerprint density at radius 2 is 2.08 bits per heavy atom. The summed E-state index contributed by atoms with van der Waals surface area (Å²) < 4.78 is 5.91. The number of amides is 1. The van der Waals surface area contributed by atoms with E-state index in [4.69, 9.17) is 4.74 Å². The van der Waals surface area contributed by atoms with Gasteiger partial charge in [-0.2, -0.15) is 5.10 Å². The highest BCUT2D eigenvalue weighted by atomic mass is 79.9. The number of carbonyl (C=O) groups excluding carboxylic acids is 1. The summed E-state index contributed by atoms with van der Waals surface area (Å²) in [6, 6.07) is 10.6. The molecule has 0 aliphatic rings. The van der Waals surface area contributed by atoms with Gasteiger partial charge in [0.25, 0.3) is 5.91 Å². The molecule has 0 spiro atoms. The van der Waals surface area contributed by atoms with Crippen LogP contribution in [0, 0.1) is 10.1 Å². The number of nitro groups is 1. The van der Waals surface area contributed by atoms with Crippen molar-refractivity contribution in [3.63, 3.8) is 0 Å². The highest BCUT2D eigenvalue weighted by Gasteiger charge is 2.15. The van der Waals surface area contributed by atoms with Crippen LogP contribution < -0.4 is 10.2 Å². The maximum absolute atomic E-state index is 11.8. The summed E-state index contributed by atoms with van der Waals surface area (Å²) in [6.45, 7) is 1.18. The number of nitrogens with one attached hydrogen (secondary N) is 1. The molecular weight excluding hydrogens is 394 g/mol. The molecule has 1 amide bonds. The predicted molar refractivity (Wildman–Crippen MR) is 94.8 cm³/mol. The monoisotopic (exact) mass is 407 g/mol. The molecule has 0 unspecified atom stereocenters. The molecule has 0 saturated carbocycles. The third kappa shape index (κ3) is 5.01. The molecular formula is C16H14BrN3O5. The lowest BCUT2D eigenvalue weighted by Gasteiger charge is -2.07. The maximum Gasteiger partial charge on any atom is 0.310 e. The van der Waals surface area contributed by atoms with E-state index >= 15 is 0 Å². The number of ether oxygens (including phenoxy) is 1. The quantitative estimate of drug-likeness (QED) is 0.433. The molecule has 0 radical (unpaired) electrons. The van der Waals surface area contributed by atoms with Gasteiger partial charge in [0.15, 0.2) is 12.4 Å². The van der Waals surface area contributed by atoms with Crippen LogP contribution >= 0.6 is 15.9 Å². The number of halogens is 1. The Labute approximate surface area is 151 Å². The minimum absolute atomic E-state index is 0.00649. The molecule has 2 aromatic rings. The number of hydrogen-bond acceptors (Lipinski definition) is 6. The minimum Gasteiger partial charge on any atom is -0.507 e. The lowest BCUT2D eigenvalue weighted by Crippen LogP contribution is -2.25. The van der Waals surface area contributed by atoms with E-state index in [0.29, 0.717) is 11.3 Å². The fraction of sp³-hybridized carbons (Fsp3) is 0.125. The van der Waals surface area contributed by atoms with Crippen LogP contribution in [0.1, 0.15) is 12.5 Å². The van der Waals surface area contributed by atoms with Gasteiger partial charge in [-0.3, -0.25) is 14.9 Å². The lowest BCUT2D eigenvalue weighted by atomic mass is 10.1. The summed E-state index contributed by atoms with van der Waals surface area (Å²) in [5, 5.41) is 24.6. The van der Waals surface area contributed by atoms with Gasteiger partial charge >= 0.3 is 5.69 Å². The van der Waals surface area contributed by atoms with Gasteiger partial charge in [-0.1, -0.05) is 28.1 Å². The van der Waals surface area contributed by atoms with Crippen molar-refractivity contribution >= 4 is 33.2 Å². The molecule has 2 aromatic carbocycles. The van der Waals surface area contributed by atoms with Gasteiger partial charge < -0.3 is 9.84 Å². The Balaban J connectivity index is 1.99. The van der Waals surface area contributed by atoms with E-state index in [1.165, 1.54) is 24.3 Å². The number of benzene rings is 2. The Bertz CT molecular complexity index is 838. The summed E-state index contributed by atoms with van der Waals surface area (Å²) in [5.41, 5.74) is 2.89. The highest BCUT2D eigenvalue weighted by molar-refractivity contribution is 9.10. The molecule has 2 rings (SSSR count). The molecule has 2 N–H and O–H groups in total. The van der Waals surface area contributed by atoms with Gasteiger partial charge in [0, 0.05) is 16.1 Å². The van der Waals surface area contributed by atoms with Gasteiger partial charge in [-0.15, -0.1) is 0 Å². The van der Waals surface area contributed by atoms with Crippen molar-refractivity contribution < 1.29 is 19.6 Å². The second kappa shape index (κ2) is 8.25. The van der Waals surface area contributed by atoms with Crippen LogP contribution in [0.2, 0.25) is 0 Å². The fourth-order valence-electron chi connectivity index (χ4n) is 1.91. The number of hydrazone groups is 1. The number of para-hydroxylation sites is 2. The first kappa shape index (κ1) is 18.4. The third-order valence-corrected chi connectivity index (χ3v) is 3.61. The van der Waals surface area contributed by atoms with Gasteiger partial charge in [0.1, 0.15) is 5.75 Å². The van der Waals surface area contributed by atoms with Crippen molar-refractivity contribution in [1.82, 2.24) is 5.43 Å². The molecule has 0 heterocycles. The van der Waals surface area contributed by atoms with Crippen molar-refractivity contribution in [2.45, 2.75) is 6.92 Å². The summed E-state index contributed by atoms with van der Waals surface area (Å²) in [7, 11) is 0. The topological polar surface area (TPSA) is 114 Å². The van der Waals surface area contributed by atoms with Crippen LogP contribution in [0.5, 0.6) is 11.5 Å². The van der Waals surface area contributed by atoms with E-state index in [1.54, 1.807) is 25.1 Å². The molecule has 8 nitrogen and oxygen atoms in total. The SMILES string of the molecule is C/C(=N\NC(=O)COc1ccccc1[N+](=O)[O-])c1cc(Br)ccc1O. The van der Waals surface area contributed by atoms with Gasteiger partial charge in [0.05, 0.1) is 10.6 Å². The molecule has 130 valence electrons. The molecule has 0 aliphatic heterocycles. The van der Waals surface area contributed by atoms with E-state index in [2.05, 4.69) is 26.5 Å². The number of nitrogens with zero attached hydrogens (tertiary/aromatic N) is 2. The molecule has 0 fully saturated rings. The predicted octanol–water partition coefficient (Wildman–Crippen LogP) is 2.98. The fourth-order valence-corrected chi connectivity index (χ4v) is 2.27. The van der Waals surface area contributed by atoms with Crippen molar-refractivity contribution in [2.24, 2.45) is 5.10 Å². The van der Waals surface area contributed by atoms with Gasteiger partial charge in [-0.05, 0) is 31.2 Å². The average molecular weight is 408 g/mol. The Hall–Kier alpha value is -2.94. The zero-order valence-electron chi connectivity index (χ0n) is 13.1. The number of phenols is 1. The summed E-state index contributed by atoms with van der Waals surface area (Å²) >= 11 is 3.29. The molecule has 25 heavy (non-hydrogen) atoms. The van der Waals surface area contributed by atoms with Crippen LogP contribution in [0.3, 0.4) is 0 Å². The number of carbonyl (C=O) groups is 1. The largest absolute Gasteiger partial charge is 0.507 e. The van der Waals surface area contributed by atoms with E-state index in [1.807, 2.05) is 0 Å². The Kier molecular flexibility index (Phi) is 6.07. The van der Waals surface area contributed by atoms with Gasteiger partial charge in [0.2, 0.25) is 0 Å². The number of hydrogen-bond donors (Lipinski definition) is 2. The number of phenolic OH excluding ortho intramolecular Hbond substituents is 1. The van der Waals surface area contributed by atoms with Crippen LogP contribution in [-0.2, 0) is 4.79 Å². The van der Waals surface area contributed by atoms with E-state index in [-0.39, 0.29) is 17.2 Å². The highest BCUT2D eigenvalue weighted by Crippen LogP contribution is 2.25. The summed E-state index contributed by atoms with van der Waals surface area (Å²) in [4.78, 5) is 22.1. The summed E-state index contributed by atoms with van der Waals surface area (Å²) in [5.74, 6) is -0.574. The minimum atomic E-state index is -0.592. The second-order valence-corrected chi connectivity index (χ2v) is 5.82. The van der Waals surface area contributed by atoms with Gasteiger partial charge in [-0.25, -0.2) is 5.43 Å². The third-order valence-electron chi connectivity index (χ3n) is 3.12. The van der Waals surface area contributed by atoms with Crippen molar-refractivity contribution in [3.8, 4) is 11.5 Å². The molecule has 0 bridgehead atoms. The Morgan fingerprint density at radius 1 is 1.36 bits per heavy atom. The molecule has 0 aromatic heterocycles. The molecule has 0 aliphatic carbocycles. The van der Waals surface area contributed by atoms with E-state index < -0.39 is 17.4 Å². The first-order chi connectivity index (χ1) is 11.9.